The summed E-state index contributed by atoms with van der Waals surface area (Å²) < 4.78 is 10.8. The molecule has 0 aromatic carbocycles. The van der Waals surface area contributed by atoms with Gasteiger partial charge in [-0.2, -0.15) is 5.10 Å². The molecule has 2 N–H and O–H groups in total. The molecule has 2 aromatic rings. The van der Waals surface area contributed by atoms with Gasteiger partial charge in [0, 0.05) is 6.20 Å². The Morgan fingerprint density at radius 3 is 2.76 bits per heavy atom. The van der Waals surface area contributed by atoms with Crippen molar-refractivity contribution in [2.24, 2.45) is 0 Å². The molecule has 0 amide bonds. The Morgan fingerprint density at radius 1 is 1.33 bits per heavy atom. The summed E-state index contributed by atoms with van der Waals surface area (Å²) in [6.07, 6.45) is 4.14. The predicted molar refractivity (Wildman–Crippen MR) is 73.1 cm³/mol. The van der Waals surface area contributed by atoms with Gasteiger partial charge in [-0.05, 0) is 13.0 Å². The molecule has 0 aliphatic carbocycles. The van der Waals surface area contributed by atoms with E-state index in [4.69, 9.17) is 10.5 Å². The number of ether oxygens (including phenoxy) is 2. The predicted octanol–water partition coefficient (Wildman–Crippen LogP) is 0.813. The third-order valence-corrected chi connectivity index (χ3v) is 2.65. The Bertz CT molecular complexity index is 681. The highest BCUT2D eigenvalue weighted by Gasteiger charge is 2.15. The summed E-state index contributed by atoms with van der Waals surface area (Å²) in [5.41, 5.74) is 6.33. The smallest absolute Gasteiger partial charge is 0.341 e. The normalized spacial score (nSPS) is 10.2. The zero-order valence-corrected chi connectivity index (χ0v) is 11.6. The van der Waals surface area contributed by atoms with Crippen LogP contribution in [0, 0.1) is 0 Å². The third kappa shape index (κ3) is 2.99. The molecule has 2 rings (SSSR count). The molecule has 0 atom stereocenters. The lowest BCUT2D eigenvalue weighted by atomic mass is 10.2. The Hall–Kier alpha value is -2.90. The lowest BCUT2D eigenvalue weighted by molar-refractivity contribution is 0.0525. The van der Waals surface area contributed by atoms with E-state index in [1.54, 1.807) is 6.92 Å². The van der Waals surface area contributed by atoms with Crippen LogP contribution in [0.5, 0.6) is 0 Å². The fourth-order valence-electron chi connectivity index (χ4n) is 1.63. The number of carbonyl (C=O) groups excluding carboxylic acids is 2. The van der Waals surface area contributed by atoms with Gasteiger partial charge in [0.1, 0.15) is 0 Å². The first-order chi connectivity index (χ1) is 10.1. The second-order valence-corrected chi connectivity index (χ2v) is 4.02. The summed E-state index contributed by atoms with van der Waals surface area (Å²) in [5, 5.41) is 4.01. The van der Waals surface area contributed by atoms with E-state index < -0.39 is 11.9 Å². The minimum absolute atomic E-state index is 0.177. The minimum atomic E-state index is -0.575. The van der Waals surface area contributed by atoms with Crippen molar-refractivity contribution in [2.75, 3.05) is 19.5 Å². The van der Waals surface area contributed by atoms with Crippen molar-refractivity contribution in [1.82, 2.24) is 14.8 Å². The van der Waals surface area contributed by atoms with Gasteiger partial charge in [-0.3, -0.25) is 0 Å². The van der Waals surface area contributed by atoms with Crippen molar-refractivity contribution in [1.29, 1.82) is 0 Å². The average Bonchev–Trinajstić information content (AvgIpc) is 2.97. The molecule has 0 unspecified atom stereocenters. The number of rotatable bonds is 4. The number of hydrogen-bond donors (Lipinski definition) is 1. The number of methoxy groups -OCH3 is 1. The fraction of sp³-hybridized carbons (Fsp3) is 0.231. The van der Waals surface area contributed by atoms with Crippen LogP contribution in [0.3, 0.4) is 0 Å². The third-order valence-electron chi connectivity index (χ3n) is 2.65. The highest BCUT2D eigenvalue weighted by Crippen LogP contribution is 2.15. The molecule has 21 heavy (non-hydrogen) atoms. The van der Waals surface area contributed by atoms with E-state index in [0.29, 0.717) is 5.82 Å². The number of nitrogens with zero attached hydrogens (tertiary/aromatic N) is 3. The van der Waals surface area contributed by atoms with E-state index in [9.17, 15) is 9.59 Å². The van der Waals surface area contributed by atoms with Gasteiger partial charge in [0.2, 0.25) is 0 Å². The Kier molecular flexibility index (Phi) is 4.17. The average molecular weight is 290 g/mol. The van der Waals surface area contributed by atoms with E-state index in [-0.39, 0.29) is 23.4 Å². The summed E-state index contributed by atoms with van der Waals surface area (Å²) in [5.74, 6) is -0.721. The maximum atomic E-state index is 11.6. The van der Waals surface area contributed by atoms with Crippen LogP contribution in [0.2, 0.25) is 0 Å². The van der Waals surface area contributed by atoms with E-state index in [1.807, 2.05) is 0 Å². The first-order valence-corrected chi connectivity index (χ1v) is 6.12. The SMILES string of the molecule is CCOC(=O)c1cnn(-c2cc(C(=O)OC)c(N)cn2)c1. The summed E-state index contributed by atoms with van der Waals surface area (Å²) in [6, 6.07) is 1.43. The summed E-state index contributed by atoms with van der Waals surface area (Å²) in [4.78, 5) is 27.2. The van der Waals surface area contributed by atoms with Crippen LogP contribution >= 0.6 is 0 Å². The van der Waals surface area contributed by atoms with E-state index >= 15 is 0 Å². The maximum Gasteiger partial charge on any atom is 0.341 e. The molecule has 8 nitrogen and oxygen atoms in total. The molecule has 0 aliphatic heterocycles. The van der Waals surface area contributed by atoms with Crippen molar-refractivity contribution in [2.45, 2.75) is 6.92 Å². The maximum absolute atomic E-state index is 11.6. The standard InChI is InChI=1S/C13H14N4O4/c1-3-21-12(18)8-5-16-17(7-8)11-4-9(13(19)20-2)10(14)6-15-11/h4-7H,3,14H2,1-2H3. The number of anilines is 1. The Balaban J connectivity index is 2.34. The number of pyridine rings is 1. The van der Waals surface area contributed by atoms with Crippen LogP contribution in [0.15, 0.2) is 24.7 Å². The molecule has 0 aliphatic rings. The second kappa shape index (κ2) is 6.04. The minimum Gasteiger partial charge on any atom is -0.465 e. The summed E-state index contributed by atoms with van der Waals surface area (Å²) >= 11 is 0. The molecular weight excluding hydrogens is 276 g/mol. The van der Waals surface area contributed by atoms with Crippen molar-refractivity contribution in [3.63, 3.8) is 0 Å². The number of hydrogen-bond acceptors (Lipinski definition) is 7. The van der Waals surface area contributed by atoms with Crippen molar-refractivity contribution in [3.8, 4) is 5.82 Å². The molecule has 110 valence electrons. The van der Waals surface area contributed by atoms with Gasteiger partial charge in [-0.15, -0.1) is 0 Å². The quantitative estimate of drug-likeness (QED) is 0.830. The lowest BCUT2D eigenvalue weighted by Gasteiger charge is -2.06. The molecule has 0 radical (unpaired) electrons. The summed E-state index contributed by atoms with van der Waals surface area (Å²) in [6.45, 7) is 1.99. The van der Waals surface area contributed by atoms with Crippen LogP contribution in [0.4, 0.5) is 5.69 Å². The molecule has 0 spiro atoms. The molecule has 0 fully saturated rings. The zero-order chi connectivity index (χ0) is 15.4. The van der Waals surface area contributed by atoms with E-state index in [2.05, 4.69) is 14.8 Å². The van der Waals surface area contributed by atoms with Gasteiger partial charge >= 0.3 is 11.9 Å². The first-order valence-electron chi connectivity index (χ1n) is 6.12. The van der Waals surface area contributed by atoms with Gasteiger partial charge in [0.05, 0.1) is 42.9 Å². The van der Waals surface area contributed by atoms with Gasteiger partial charge in [-0.1, -0.05) is 0 Å². The number of esters is 2. The summed E-state index contributed by atoms with van der Waals surface area (Å²) in [7, 11) is 1.26. The molecule has 2 heterocycles. The topological polar surface area (TPSA) is 109 Å². The number of carbonyl (C=O) groups is 2. The van der Waals surface area contributed by atoms with Crippen LogP contribution < -0.4 is 5.73 Å². The molecule has 2 aromatic heterocycles. The number of nitrogens with two attached hydrogens (primary N) is 1. The number of nitrogen functional groups attached to an aromatic ring is 1. The van der Waals surface area contributed by atoms with Crippen LogP contribution in [0.25, 0.3) is 5.82 Å². The number of aromatic nitrogens is 3. The molecule has 0 saturated carbocycles. The van der Waals surface area contributed by atoms with Crippen LogP contribution in [0.1, 0.15) is 27.6 Å². The van der Waals surface area contributed by atoms with Gasteiger partial charge in [0.15, 0.2) is 5.82 Å². The van der Waals surface area contributed by atoms with Crippen LogP contribution in [-0.2, 0) is 9.47 Å². The van der Waals surface area contributed by atoms with Crippen molar-refractivity contribution in [3.05, 3.63) is 35.8 Å². The largest absolute Gasteiger partial charge is 0.465 e. The van der Waals surface area contributed by atoms with Crippen molar-refractivity contribution >= 4 is 17.6 Å². The monoisotopic (exact) mass is 290 g/mol. The fourth-order valence-corrected chi connectivity index (χ4v) is 1.63. The lowest BCUT2D eigenvalue weighted by Crippen LogP contribution is -2.09. The van der Waals surface area contributed by atoms with E-state index in [1.165, 1.54) is 36.4 Å². The molecule has 0 bridgehead atoms. The molecule has 0 saturated heterocycles. The van der Waals surface area contributed by atoms with E-state index in [0.717, 1.165) is 0 Å². The van der Waals surface area contributed by atoms with Gasteiger partial charge in [0.25, 0.3) is 0 Å². The Morgan fingerprint density at radius 2 is 2.10 bits per heavy atom. The first kappa shape index (κ1) is 14.5. The Labute approximate surface area is 120 Å². The molecule has 8 heteroatoms. The van der Waals surface area contributed by atoms with Gasteiger partial charge in [-0.25, -0.2) is 19.3 Å². The zero-order valence-electron chi connectivity index (χ0n) is 11.6. The molecular formula is C13H14N4O4. The highest BCUT2D eigenvalue weighted by molar-refractivity contribution is 5.95. The van der Waals surface area contributed by atoms with Gasteiger partial charge < -0.3 is 15.2 Å². The highest BCUT2D eigenvalue weighted by atomic mass is 16.5. The second-order valence-electron chi connectivity index (χ2n) is 4.02. The van der Waals surface area contributed by atoms with Crippen LogP contribution in [-0.4, -0.2) is 40.4 Å². The van der Waals surface area contributed by atoms with Crippen molar-refractivity contribution < 1.29 is 19.1 Å².